The Kier molecular flexibility index (Phi) is 5.89. The van der Waals surface area contributed by atoms with Crippen LogP contribution in [0, 0.1) is 0 Å². The molecule has 0 saturated heterocycles. The van der Waals surface area contributed by atoms with Crippen molar-refractivity contribution < 1.29 is 4.57 Å². The van der Waals surface area contributed by atoms with E-state index in [4.69, 9.17) is 9.03 Å². The molecule has 1 heterocycles. The largest absolute Gasteiger partial charge is 0.280 e. The van der Waals surface area contributed by atoms with E-state index in [2.05, 4.69) is 48.5 Å². The summed E-state index contributed by atoms with van der Waals surface area (Å²) in [6.07, 6.45) is 0. The summed E-state index contributed by atoms with van der Waals surface area (Å²) in [5, 5.41) is 4.24. The van der Waals surface area contributed by atoms with Crippen molar-refractivity contribution in [1.29, 1.82) is 0 Å². The van der Waals surface area contributed by atoms with Crippen LogP contribution < -0.4 is 21.2 Å². The van der Waals surface area contributed by atoms with Crippen molar-refractivity contribution >= 4 is 43.1 Å². The van der Waals surface area contributed by atoms with Crippen molar-refractivity contribution in [2.24, 2.45) is 9.03 Å². The van der Waals surface area contributed by atoms with Crippen LogP contribution in [-0.2, 0) is 4.57 Å². The van der Waals surface area contributed by atoms with E-state index in [0.29, 0.717) is 0 Å². The molecule has 1 unspecified atom stereocenters. The second-order valence-corrected chi connectivity index (χ2v) is 17.1. The van der Waals surface area contributed by atoms with E-state index in [1.165, 1.54) is 0 Å². The molecule has 33 heavy (non-hydrogen) atoms. The lowest BCUT2D eigenvalue weighted by Gasteiger charge is -2.43. The smallest absolute Gasteiger partial charge is 0.260 e. The predicted molar refractivity (Wildman–Crippen MR) is 144 cm³/mol. The summed E-state index contributed by atoms with van der Waals surface area (Å²) in [5.41, 5.74) is 0. The van der Waals surface area contributed by atoms with Gasteiger partial charge in [0.1, 0.15) is 14.4 Å². The van der Waals surface area contributed by atoms with Gasteiger partial charge in [0, 0.05) is 34.9 Å². The first kappa shape index (κ1) is 22.3. The molecule has 5 rings (SSSR count). The van der Waals surface area contributed by atoms with E-state index in [-0.39, 0.29) is 0 Å². The first-order valence-electron chi connectivity index (χ1n) is 10.8. The normalized spacial score (nSPS) is 21.5. The lowest BCUT2D eigenvalue weighted by molar-refractivity contribution is 0.555. The van der Waals surface area contributed by atoms with Gasteiger partial charge in [-0.25, -0.2) is 4.52 Å². The van der Waals surface area contributed by atoms with Crippen molar-refractivity contribution in [3.05, 3.63) is 121 Å². The highest BCUT2D eigenvalue weighted by molar-refractivity contribution is 7.97. The summed E-state index contributed by atoms with van der Waals surface area (Å²) in [5.74, 6) is 0. The maximum absolute atomic E-state index is 14.4. The van der Waals surface area contributed by atoms with Gasteiger partial charge in [0.15, 0.2) is 0 Å². The molecule has 0 fully saturated rings. The average Bonchev–Trinajstić information content (AvgIpc) is 2.88. The van der Waals surface area contributed by atoms with E-state index >= 15 is 0 Å². The van der Waals surface area contributed by atoms with Gasteiger partial charge in [-0.1, -0.05) is 121 Å². The van der Waals surface area contributed by atoms with Crippen molar-refractivity contribution in [2.45, 2.75) is 0 Å². The van der Waals surface area contributed by atoms with Gasteiger partial charge in [-0.15, -0.1) is 0 Å². The van der Waals surface area contributed by atoms with Gasteiger partial charge >= 0.3 is 0 Å². The molecule has 0 spiro atoms. The standard InChI is InChI=1S/C26H26N3OP3/c1-29-31(2,30)27-32(23-15-7-3-8-16-23,24-17-9-4-10-18-24)28-33(29,25-19-11-5-12-20-25)26-21-13-6-14-22-26/h3-22H,1-2H3. The fourth-order valence-electron chi connectivity index (χ4n) is 4.29. The lowest BCUT2D eigenvalue weighted by Crippen LogP contribution is -2.31. The molecule has 0 aromatic heterocycles. The van der Waals surface area contributed by atoms with E-state index in [1.54, 1.807) is 6.66 Å². The van der Waals surface area contributed by atoms with E-state index < -0.39 is 21.9 Å². The van der Waals surface area contributed by atoms with Crippen LogP contribution in [0.5, 0.6) is 0 Å². The van der Waals surface area contributed by atoms with Gasteiger partial charge in [-0.2, -0.15) is 8.96 Å². The fraction of sp³-hybridized carbons (Fsp3) is 0.0769. The molecule has 0 N–H and O–H groups in total. The zero-order valence-electron chi connectivity index (χ0n) is 18.6. The third-order valence-electron chi connectivity index (χ3n) is 5.98. The summed E-state index contributed by atoms with van der Waals surface area (Å²) in [6, 6.07) is 41.1. The van der Waals surface area contributed by atoms with Crippen LogP contribution in [0.4, 0.5) is 0 Å². The highest BCUT2D eigenvalue weighted by atomic mass is 31.3. The molecule has 0 bridgehead atoms. The van der Waals surface area contributed by atoms with Crippen molar-refractivity contribution in [3.63, 3.8) is 0 Å². The zero-order chi connectivity index (χ0) is 22.9. The van der Waals surface area contributed by atoms with Crippen LogP contribution >= 0.6 is 21.9 Å². The second-order valence-electron chi connectivity index (χ2n) is 8.05. The molecule has 0 radical (unpaired) electrons. The lowest BCUT2D eigenvalue weighted by atomic mass is 10.4. The third-order valence-corrected chi connectivity index (χ3v) is 18.2. The van der Waals surface area contributed by atoms with Crippen molar-refractivity contribution in [1.82, 2.24) is 4.44 Å². The highest BCUT2D eigenvalue weighted by Gasteiger charge is 2.46. The Balaban J connectivity index is 2.02. The quantitative estimate of drug-likeness (QED) is 0.317. The molecular weight excluding hydrogens is 463 g/mol. The van der Waals surface area contributed by atoms with E-state index in [9.17, 15) is 4.57 Å². The first-order valence-corrected chi connectivity index (χ1v) is 16.3. The molecule has 0 saturated carbocycles. The Morgan fingerprint density at radius 1 is 0.545 bits per heavy atom. The average molecular weight is 489 g/mol. The summed E-state index contributed by atoms with van der Waals surface area (Å²) >= 11 is 0. The summed E-state index contributed by atoms with van der Waals surface area (Å²) in [6.45, 7) is 1.79. The molecule has 166 valence electrons. The van der Waals surface area contributed by atoms with Gasteiger partial charge in [-0.05, 0) is 0 Å². The summed E-state index contributed by atoms with van der Waals surface area (Å²) in [4.78, 5) is 0. The Bertz CT molecular complexity index is 1340. The zero-order valence-corrected chi connectivity index (χ0v) is 21.3. The molecule has 1 atom stereocenters. The van der Waals surface area contributed by atoms with Gasteiger partial charge in [-0.3, -0.25) is 4.57 Å². The number of hydrogen-bond donors (Lipinski definition) is 0. The van der Waals surface area contributed by atoms with Crippen LogP contribution in [0.1, 0.15) is 0 Å². The van der Waals surface area contributed by atoms with Crippen LogP contribution in [0.25, 0.3) is 0 Å². The summed E-state index contributed by atoms with van der Waals surface area (Å²) in [7, 11) is -6.50. The topological polar surface area (TPSA) is 45.0 Å². The van der Waals surface area contributed by atoms with Crippen LogP contribution in [0.2, 0.25) is 0 Å². The van der Waals surface area contributed by atoms with E-state index in [1.807, 2.05) is 84.3 Å². The molecule has 4 nitrogen and oxygen atoms in total. The highest BCUT2D eigenvalue weighted by Crippen LogP contribution is 2.77. The number of hydrogen-bond acceptors (Lipinski definition) is 2. The van der Waals surface area contributed by atoms with Gasteiger partial charge in [0.25, 0.3) is 7.44 Å². The minimum absolute atomic E-state index is 1.03. The maximum Gasteiger partial charge on any atom is 0.260 e. The first-order chi connectivity index (χ1) is 16.0. The van der Waals surface area contributed by atoms with Crippen LogP contribution in [0.15, 0.2) is 130 Å². The third kappa shape index (κ3) is 3.72. The van der Waals surface area contributed by atoms with Gasteiger partial charge in [0.2, 0.25) is 0 Å². The van der Waals surface area contributed by atoms with Crippen LogP contribution in [-0.4, -0.2) is 18.2 Å². The molecule has 7 heteroatoms. The van der Waals surface area contributed by atoms with Gasteiger partial charge < -0.3 is 0 Å². The molecule has 1 aliphatic heterocycles. The molecular formula is C26H26N3OP3. The Labute approximate surface area is 196 Å². The molecule has 1 aliphatic rings. The molecule has 0 aliphatic carbocycles. The Morgan fingerprint density at radius 3 is 1.24 bits per heavy atom. The monoisotopic (exact) mass is 489 g/mol. The van der Waals surface area contributed by atoms with Crippen molar-refractivity contribution in [2.75, 3.05) is 13.7 Å². The number of benzene rings is 4. The number of nitrogens with zero attached hydrogens (tertiary/aromatic N) is 3. The molecule has 4 aromatic rings. The Hall–Kier alpha value is -2.47. The minimum atomic E-state index is -3.12. The Morgan fingerprint density at radius 2 is 0.879 bits per heavy atom. The summed E-state index contributed by atoms with van der Waals surface area (Å²) < 4.78 is 27.4. The predicted octanol–water partition coefficient (Wildman–Crippen LogP) is 6.29. The van der Waals surface area contributed by atoms with Gasteiger partial charge in [0.05, 0.1) is 0 Å². The number of rotatable bonds is 4. The SMILES string of the molecule is CN1P(C)(=O)N=P(c2ccccc2)(c2ccccc2)N=P1(c1ccccc1)c1ccccc1. The maximum atomic E-state index is 14.4. The van der Waals surface area contributed by atoms with E-state index in [0.717, 1.165) is 21.2 Å². The molecule has 0 amide bonds. The van der Waals surface area contributed by atoms with Crippen LogP contribution in [0.3, 0.4) is 0 Å². The molecule has 4 aromatic carbocycles. The fourth-order valence-corrected chi connectivity index (χ4v) is 18.4. The van der Waals surface area contributed by atoms with Crippen molar-refractivity contribution in [3.8, 4) is 0 Å². The second kappa shape index (κ2) is 8.71. The minimum Gasteiger partial charge on any atom is -0.280 e.